The second kappa shape index (κ2) is 8.43. The van der Waals surface area contributed by atoms with E-state index in [9.17, 15) is 14.4 Å². The van der Waals surface area contributed by atoms with Crippen LogP contribution in [0.2, 0.25) is 0 Å². The van der Waals surface area contributed by atoms with E-state index in [1.54, 1.807) is 0 Å². The molecule has 3 rings (SSSR count). The van der Waals surface area contributed by atoms with Gasteiger partial charge in [-0.25, -0.2) is 4.79 Å². The Balaban J connectivity index is 1.47. The number of urea groups is 1. The first kappa shape index (κ1) is 21.1. The number of ether oxygens (including phenoxy) is 1. The maximum absolute atomic E-state index is 12.9. The van der Waals surface area contributed by atoms with Crippen LogP contribution in [0.1, 0.15) is 46.5 Å². The maximum atomic E-state index is 12.9. The molecule has 1 aliphatic heterocycles. The molecule has 0 bridgehead atoms. The number of benzene rings is 1. The number of hydrogen-bond acceptors (Lipinski definition) is 4. The summed E-state index contributed by atoms with van der Waals surface area (Å²) in [5.41, 5.74) is -0.649. The number of carbonyl (C=O) groups is 3. The van der Waals surface area contributed by atoms with Crippen molar-refractivity contribution < 1.29 is 19.1 Å². The standard InChI is InChI=1S/C22H31N3O4/c1-21(2,3)16-9-11-22(12-10-16)19(27)25(20(28)24-22)15-18(26)23-13-14-29-17-7-5-4-6-8-17/h4-8,16H,9-15H2,1-3H3,(H,23,26)(H,24,28). The summed E-state index contributed by atoms with van der Waals surface area (Å²) >= 11 is 0. The van der Waals surface area contributed by atoms with E-state index in [-0.39, 0.29) is 23.8 Å². The molecular formula is C22H31N3O4. The summed E-state index contributed by atoms with van der Waals surface area (Å²) in [7, 11) is 0. The number of para-hydroxylation sites is 1. The molecule has 29 heavy (non-hydrogen) atoms. The van der Waals surface area contributed by atoms with Crippen LogP contribution in [-0.4, -0.2) is 48.0 Å². The van der Waals surface area contributed by atoms with Crippen molar-refractivity contribution in [3.8, 4) is 5.75 Å². The highest BCUT2D eigenvalue weighted by Crippen LogP contribution is 2.43. The molecule has 0 radical (unpaired) electrons. The van der Waals surface area contributed by atoms with Gasteiger partial charge in [0.05, 0.1) is 6.54 Å². The van der Waals surface area contributed by atoms with Gasteiger partial charge >= 0.3 is 6.03 Å². The first-order valence-electron chi connectivity index (χ1n) is 10.3. The molecule has 0 aromatic heterocycles. The fourth-order valence-electron chi connectivity index (χ4n) is 4.21. The highest BCUT2D eigenvalue weighted by atomic mass is 16.5. The van der Waals surface area contributed by atoms with Gasteiger partial charge < -0.3 is 15.4 Å². The summed E-state index contributed by atoms with van der Waals surface area (Å²) in [6.45, 7) is 6.98. The minimum Gasteiger partial charge on any atom is -0.492 e. The highest BCUT2D eigenvalue weighted by molar-refractivity contribution is 6.09. The van der Waals surface area contributed by atoms with Crippen molar-refractivity contribution in [1.82, 2.24) is 15.5 Å². The quantitative estimate of drug-likeness (QED) is 0.567. The largest absolute Gasteiger partial charge is 0.492 e. The number of rotatable bonds is 6. The first-order valence-corrected chi connectivity index (χ1v) is 10.3. The highest BCUT2D eigenvalue weighted by Gasteiger charge is 2.53. The van der Waals surface area contributed by atoms with E-state index in [4.69, 9.17) is 4.74 Å². The Morgan fingerprint density at radius 1 is 1.21 bits per heavy atom. The van der Waals surface area contributed by atoms with E-state index >= 15 is 0 Å². The van der Waals surface area contributed by atoms with Gasteiger partial charge in [0.1, 0.15) is 24.4 Å². The minimum absolute atomic E-state index is 0.189. The normalized spacial score (nSPS) is 24.5. The van der Waals surface area contributed by atoms with E-state index < -0.39 is 11.6 Å². The molecule has 1 spiro atoms. The Morgan fingerprint density at radius 3 is 2.48 bits per heavy atom. The van der Waals surface area contributed by atoms with Gasteiger partial charge in [0.15, 0.2) is 0 Å². The Bertz CT molecular complexity index is 749. The molecule has 7 nitrogen and oxygen atoms in total. The van der Waals surface area contributed by atoms with Crippen LogP contribution in [0.15, 0.2) is 30.3 Å². The molecule has 7 heteroatoms. The molecule has 1 aromatic rings. The smallest absolute Gasteiger partial charge is 0.325 e. The Morgan fingerprint density at radius 2 is 1.86 bits per heavy atom. The first-order chi connectivity index (χ1) is 13.7. The zero-order chi connectivity index (χ0) is 21.1. The van der Waals surface area contributed by atoms with E-state index in [0.29, 0.717) is 31.9 Å². The fourth-order valence-corrected chi connectivity index (χ4v) is 4.21. The summed E-state index contributed by atoms with van der Waals surface area (Å²) < 4.78 is 5.52. The van der Waals surface area contributed by atoms with Gasteiger partial charge in [0, 0.05) is 0 Å². The molecule has 1 heterocycles. The molecule has 4 amide bonds. The lowest BCUT2D eigenvalue weighted by molar-refractivity contribution is -0.136. The van der Waals surface area contributed by atoms with Gasteiger partial charge in [-0.1, -0.05) is 39.0 Å². The molecule has 1 saturated heterocycles. The number of amides is 4. The summed E-state index contributed by atoms with van der Waals surface area (Å²) in [6.07, 6.45) is 3.05. The number of imide groups is 1. The van der Waals surface area contributed by atoms with Crippen LogP contribution in [0, 0.1) is 11.3 Å². The van der Waals surface area contributed by atoms with Crippen molar-refractivity contribution in [3.05, 3.63) is 30.3 Å². The van der Waals surface area contributed by atoms with Crippen LogP contribution >= 0.6 is 0 Å². The zero-order valence-electron chi connectivity index (χ0n) is 17.5. The molecule has 2 fully saturated rings. The summed E-state index contributed by atoms with van der Waals surface area (Å²) in [5.74, 6) is 0.611. The van der Waals surface area contributed by atoms with E-state index in [1.165, 1.54) is 0 Å². The third kappa shape index (κ3) is 4.89. The van der Waals surface area contributed by atoms with Crippen molar-refractivity contribution in [1.29, 1.82) is 0 Å². The van der Waals surface area contributed by atoms with Crippen molar-refractivity contribution >= 4 is 17.8 Å². The SMILES string of the molecule is CC(C)(C)C1CCC2(CC1)NC(=O)N(CC(=O)NCCOc1ccccc1)C2=O. The van der Waals surface area contributed by atoms with Crippen LogP contribution in [0.25, 0.3) is 0 Å². The van der Waals surface area contributed by atoms with Crippen LogP contribution in [-0.2, 0) is 9.59 Å². The minimum atomic E-state index is -0.838. The van der Waals surface area contributed by atoms with Crippen LogP contribution in [0.5, 0.6) is 5.75 Å². The van der Waals surface area contributed by atoms with Crippen molar-refractivity contribution in [2.75, 3.05) is 19.7 Å². The van der Waals surface area contributed by atoms with Gasteiger partial charge in [-0.3, -0.25) is 14.5 Å². The molecule has 1 aromatic carbocycles. The van der Waals surface area contributed by atoms with E-state index in [0.717, 1.165) is 23.5 Å². The lowest BCUT2D eigenvalue weighted by Crippen LogP contribution is -2.51. The summed E-state index contributed by atoms with van der Waals surface area (Å²) in [4.78, 5) is 38.6. The van der Waals surface area contributed by atoms with Gasteiger partial charge in [0.25, 0.3) is 5.91 Å². The van der Waals surface area contributed by atoms with Crippen molar-refractivity contribution in [2.24, 2.45) is 11.3 Å². The number of nitrogens with one attached hydrogen (secondary N) is 2. The summed E-state index contributed by atoms with van der Waals surface area (Å²) in [5, 5.41) is 5.57. The second-order valence-corrected chi connectivity index (χ2v) is 9.06. The molecule has 1 saturated carbocycles. The van der Waals surface area contributed by atoms with Gasteiger partial charge in [-0.05, 0) is 49.1 Å². The van der Waals surface area contributed by atoms with Gasteiger partial charge in [-0.2, -0.15) is 0 Å². The topological polar surface area (TPSA) is 87.7 Å². The van der Waals surface area contributed by atoms with Gasteiger partial charge in [0.2, 0.25) is 5.91 Å². The van der Waals surface area contributed by atoms with Crippen molar-refractivity contribution in [3.63, 3.8) is 0 Å². The molecule has 1 aliphatic carbocycles. The Kier molecular flexibility index (Phi) is 6.15. The van der Waals surface area contributed by atoms with Crippen LogP contribution < -0.4 is 15.4 Å². The predicted octanol–water partition coefficient (Wildman–Crippen LogP) is 2.71. The van der Waals surface area contributed by atoms with Gasteiger partial charge in [-0.15, -0.1) is 0 Å². The predicted molar refractivity (Wildman–Crippen MR) is 109 cm³/mol. The lowest BCUT2D eigenvalue weighted by Gasteiger charge is -2.40. The maximum Gasteiger partial charge on any atom is 0.325 e. The molecule has 158 valence electrons. The van der Waals surface area contributed by atoms with E-state index in [1.807, 2.05) is 30.3 Å². The summed E-state index contributed by atoms with van der Waals surface area (Å²) in [6, 6.07) is 8.84. The zero-order valence-corrected chi connectivity index (χ0v) is 17.5. The number of hydrogen-bond donors (Lipinski definition) is 2. The molecule has 2 N–H and O–H groups in total. The number of carbonyl (C=O) groups excluding carboxylic acids is 3. The van der Waals surface area contributed by atoms with E-state index in [2.05, 4.69) is 31.4 Å². The Hall–Kier alpha value is -2.57. The average Bonchev–Trinajstić information content (AvgIpc) is 2.90. The molecule has 0 unspecified atom stereocenters. The average molecular weight is 402 g/mol. The van der Waals surface area contributed by atoms with Crippen LogP contribution in [0.4, 0.5) is 4.79 Å². The van der Waals surface area contributed by atoms with Crippen molar-refractivity contribution in [2.45, 2.75) is 52.0 Å². The fraction of sp³-hybridized carbons (Fsp3) is 0.591. The Labute approximate surface area is 172 Å². The monoisotopic (exact) mass is 401 g/mol. The second-order valence-electron chi connectivity index (χ2n) is 9.06. The molecule has 2 aliphatic rings. The molecule has 0 atom stereocenters. The van der Waals surface area contributed by atoms with Crippen LogP contribution in [0.3, 0.4) is 0 Å². The number of nitrogens with zero attached hydrogens (tertiary/aromatic N) is 1. The molecular weight excluding hydrogens is 370 g/mol. The third-order valence-corrected chi connectivity index (χ3v) is 6.05. The third-order valence-electron chi connectivity index (χ3n) is 6.05. The lowest BCUT2D eigenvalue weighted by atomic mass is 9.67.